The third-order valence-corrected chi connectivity index (χ3v) is 5.32. The summed E-state index contributed by atoms with van der Waals surface area (Å²) in [4.78, 5) is 0. The average molecular weight is 359 g/mol. The fourth-order valence-corrected chi connectivity index (χ4v) is 3.59. The van der Waals surface area contributed by atoms with E-state index in [9.17, 15) is 8.42 Å². The maximum Gasteiger partial charge on any atom is 0.281 e. The number of H-pyrrole nitrogens is 1. The van der Waals surface area contributed by atoms with Gasteiger partial charge in [0.25, 0.3) is 10.0 Å². The smallest absolute Gasteiger partial charge is 0.281 e. The van der Waals surface area contributed by atoms with Crippen molar-refractivity contribution >= 4 is 31.6 Å². The van der Waals surface area contributed by atoms with Crippen LogP contribution in [-0.2, 0) is 16.6 Å². The van der Waals surface area contributed by atoms with Crippen molar-refractivity contribution in [3.05, 3.63) is 39.5 Å². The standard InChI is InChI=1S/C12H15BrN4O2S/c1-7-4-3-5-10(11(7)13)17-20(18,19)12-9(6-14)8(2)15-16-12/h3-5,17H,6,14H2,1-2H3,(H,15,16). The first-order valence-electron chi connectivity index (χ1n) is 5.88. The number of aromatic amines is 1. The Bertz CT molecular complexity index is 740. The second-order valence-corrected chi connectivity index (χ2v) is 6.77. The van der Waals surface area contributed by atoms with E-state index < -0.39 is 10.0 Å². The van der Waals surface area contributed by atoms with Crippen LogP contribution in [0, 0.1) is 13.8 Å². The van der Waals surface area contributed by atoms with Crippen LogP contribution >= 0.6 is 15.9 Å². The predicted octanol–water partition coefficient (Wildman–Crippen LogP) is 2.05. The lowest BCUT2D eigenvalue weighted by molar-refractivity contribution is 0.596. The first-order chi connectivity index (χ1) is 9.36. The molecule has 1 aromatic heterocycles. The molecule has 0 bridgehead atoms. The second-order valence-electron chi connectivity index (χ2n) is 4.38. The Kier molecular flexibility index (Phi) is 4.17. The maximum atomic E-state index is 12.4. The molecule has 20 heavy (non-hydrogen) atoms. The molecule has 1 aromatic carbocycles. The minimum atomic E-state index is -3.78. The van der Waals surface area contributed by atoms with Gasteiger partial charge in [0.1, 0.15) is 0 Å². The fourth-order valence-electron chi connectivity index (χ4n) is 1.81. The Labute approximate surface area is 125 Å². The zero-order valence-electron chi connectivity index (χ0n) is 11.1. The van der Waals surface area contributed by atoms with E-state index in [4.69, 9.17) is 5.73 Å². The summed E-state index contributed by atoms with van der Waals surface area (Å²) in [6, 6.07) is 5.33. The van der Waals surface area contributed by atoms with Crippen LogP contribution in [0.5, 0.6) is 0 Å². The molecule has 0 aliphatic heterocycles. The van der Waals surface area contributed by atoms with Gasteiger partial charge in [0, 0.05) is 22.3 Å². The number of nitrogens with zero attached hydrogens (tertiary/aromatic N) is 1. The monoisotopic (exact) mass is 358 g/mol. The van der Waals surface area contributed by atoms with Gasteiger partial charge in [-0.25, -0.2) is 0 Å². The number of aromatic nitrogens is 2. The summed E-state index contributed by atoms with van der Waals surface area (Å²) in [6.45, 7) is 3.72. The SMILES string of the molecule is Cc1cccc(NS(=O)(=O)c2n[nH]c(C)c2CN)c1Br. The predicted molar refractivity (Wildman–Crippen MR) is 80.9 cm³/mol. The van der Waals surface area contributed by atoms with Crippen LogP contribution in [-0.4, -0.2) is 18.6 Å². The summed E-state index contributed by atoms with van der Waals surface area (Å²) in [6.07, 6.45) is 0. The Morgan fingerprint density at radius 2 is 2.10 bits per heavy atom. The van der Waals surface area contributed by atoms with E-state index in [0.29, 0.717) is 21.4 Å². The molecule has 0 radical (unpaired) electrons. The van der Waals surface area contributed by atoms with Crippen LogP contribution in [0.25, 0.3) is 0 Å². The number of sulfonamides is 1. The Hall–Kier alpha value is -1.38. The highest BCUT2D eigenvalue weighted by atomic mass is 79.9. The van der Waals surface area contributed by atoms with E-state index in [2.05, 4.69) is 30.8 Å². The summed E-state index contributed by atoms with van der Waals surface area (Å²) in [5.74, 6) is 0. The highest BCUT2D eigenvalue weighted by Gasteiger charge is 2.24. The van der Waals surface area contributed by atoms with E-state index in [-0.39, 0.29) is 11.6 Å². The third-order valence-electron chi connectivity index (χ3n) is 2.93. The van der Waals surface area contributed by atoms with Gasteiger partial charge in [0.2, 0.25) is 5.03 Å². The number of hydrogen-bond donors (Lipinski definition) is 3. The summed E-state index contributed by atoms with van der Waals surface area (Å²) < 4.78 is 28.0. The van der Waals surface area contributed by atoms with Gasteiger partial charge in [-0.3, -0.25) is 9.82 Å². The van der Waals surface area contributed by atoms with Gasteiger partial charge < -0.3 is 5.73 Å². The fraction of sp³-hybridized carbons (Fsp3) is 0.250. The number of rotatable bonds is 4. The van der Waals surface area contributed by atoms with Gasteiger partial charge >= 0.3 is 0 Å². The minimum absolute atomic E-state index is 0.0640. The quantitative estimate of drug-likeness (QED) is 0.778. The van der Waals surface area contributed by atoms with Gasteiger partial charge in [0.05, 0.1) is 5.69 Å². The molecule has 108 valence electrons. The lowest BCUT2D eigenvalue weighted by Crippen LogP contribution is -2.17. The van der Waals surface area contributed by atoms with Crippen molar-refractivity contribution in [1.29, 1.82) is 0 Å². The zero-order chi connectivity index (χ0) is 14.9. The van der Waals surface area contributed by atoms with Gasteiger partial charge in [0.15, 0.2) is 0 Å². The third kappa shape index (κ3) is 2.72. The largest absolute Gasteiger partial charge is 0.326 e. The first-order valence-corrected chi connectivity index (χ1v) is 8.16. The Morgan fingerprint density at radius 3 is 2.75 bits per heavy atom. The maximum absolute atomic E-state index is 12.4. The number of halogens is 1. The van der Waals surface area contributed by atoms with Crippen molar-refractivity contribution in [3.63, 3.8) is 0 Å². The molecular formula is C12H15BrN4O2S. The number of aryl methyl sites for hydroxylation is 2. The van der Waals surface area contributed by atoms with Crippen molar-refractivity contribution < 1.29 is 8.42 Å². The molecule has 0 aliphatic carbocycles. The van der Waals surface area contributed by atoms with Crippen LogP contribution in [0.4, 0.5) is 5.69 Å². The molecule has 1 heterocycles. The average Bonchev–Trinajstić information content (AvgIpc) is 2.76. The normalized spacial score (nSPS) is 11.6. The van der Waals surface area contributed by atoms with Crippen molar-refractivity contribution in [2.24, 2.45) is 5.73 Å². The molecule has 8 heteroatoms. The number of nitrogens with two attached hydrogens (primary N) is 1. The molecule has 0 aliphatic rings. The zero-order valence-corrected chi connectivity index (χ0v) is 13.5. The Balaban J connectivity index is 2.44. The molecule has 0 atom stereocenters. The molecule has 4 N–H and O–H groups in total. The van der Waals surface area contributed by atoms with Crippen molar-refractivity contribution in [2.45, 2.75) is 25.4 Å². The molecule has 6 nitrogen and oxygen atoms in total. The van der Waals surface area contributed by atoms with Crippen LogP contribution < -0.4 is 10.5 Å². The highest BCUT2D eigenvalue weighted by Crippen LogP contribution is 2.28. The van der Waals surface area contributed by atoms with Gasteiger partial charge in [-0.05, 0) is 41.4 Å². The van der Waals surface area contributed by atoms with E-state index in [0.717, 1.165) is 5.56 Å². The topological polar surface area (TPSA) is 101 Å². The summed E-state index contributed by atoms with van der Waals surface area (Å²) >= 11 is 3.37. The number of hydrogen-bond acceptors (Lipinski definition) is 4. The molecule has 0 spiro atoms. The molecule has 0 saturated carbocycles. The highest BCUT2D eigenvalue weighted by molar-refractivity contribution is 9.10. The van der Waals surface area contributed by atoms with E-state index in [1.54, 1.807) is 19.1 Å². The van der Waals surface area contributed by atoms with Crippen molar-refractivity contribution in [1.82, 2.24) is 10.2 Å². The van der Waals surface area contributed by atoms with Crippen molar-refractivity contribution in [2.75, 3.05) is 4.72 Å². The van der Waals surface area contributed by atoms with Crippen LogP contribution in [0.15, 0.2) is 27.7 Å². The molecule has 0 saturated heterocycles. The number of nitrogens with one attached hydrogen (secondary N) is 2. The molecule has 0 unspecified atom stereocenters. The summed E-state index contributed by atoms with van der Waals surface area (Å²) in [5.41, 5.74) is 8.11. The van der Waals surface area contributed by atoms with Crippen LogP contribution in [0.2, 0.25) is 0 Å². The molecule has 0 amide bonds. The Morgan fingerprint density at radius 1 is 1.40 bits per heavy atom. The number of benzene rings is 1. The van der Waals surface area contributed by atoms with Gasteiger partial charge in [-0.2, -0.15) is 13.5 Å². The van der Waals surface area contributed by atoms with Crippen LogP contribution in [0.3, 0.4) is 0 Å². The first kappa shape index (κ1) is 15.0. The molecule has 2 rings (SSSR count). The summed E-state index contributed by atoms with van der Waals surface area (Å²) in [7, 11) is -3.78. The summed E-state index contributed by atoms with van der Waals surface area (Å²) in [5, 5.41) is 6.42. The molecule has 2 aromatic rings. The molecule has 0 fully saturated rings. The van der Waals surface area contributed by atoms with E-state index in [1.807, 2.05) is 13.0 Å². The van der Waals surface area contributed by atoms with E-state index in [1.165, 1.54) is 0 Å². The number of anilines is 1. The van der Waals surface area contributed by atoms with Gasteiger partial charge in [-0.15, -0.1) is 0 Å². The second kappa shape index (κ2) is 5.55. The van der Waals surface area contributed by atoms with E-state index >= 15 is 0 Å². The van der Waals surface area contributed by atoms with Crippen LogP contribution in [0.1, 0.15) is 16.8 Å². The minimum Gasteiger partial charge on any atom is -0.326 e. The van der Waals surface area contributed by atoms with Crippen molar-refractivity contribution in [3.8, 4) is 0 Å². The lowest BCUT2D eigenvalue weighted by Gasteiger charge is -2.10. The van der Waals surface area contributed by atoms with Gasteiger partial charge in [-0.1, -0.05) is 12.1 Å². The lowest BCUT2D eigenvalue weighted by atomic mass is 10.2. The molecular weight excluding hydrogens is 344 g/mol.